The van der Waals surface area contributed by atoms with Crippen LogP contribution in [0.15, 0.2) is 0 Å². The Hall–Kier alpha value is -0.170. The molecule has 0 aromatic heterocycles. The molecule has 5 nitrogen and oxygen atoms in total. The summed E-state index contributed by atoms with van der Waals surface area (Å²) >= 11 is 0. The lowest BCUT2D eigenvalue weighted by Gasteiger charge is -2.14. The summed E-state index contributed by atoms with van der Waals surface area (Å²) in [5.41, 5.74) is 0. The Labute approximate surface area is 111 Å². The van der Waals surface area contributed by atoms with Crippen molar-refractivity contribution in [1.29, 1.82) is 0 Å². The Morgan fingerprint density at radius 3 is 2.00 bits per heavy atom. The van der Waals surface area contributed by atoms with Gasteiger partial charge in [-0.25, -0.2) is 12.6 Å². The van der Waals surface area contributed by atoms with E-state index in [0.717, 1.165) is 24.3 Å². The van der Waals surface area contributed by atoms with Gasteiger partial charge in [0.2, 0.25) is 10.4 Å². The van der Waals surface area contributed by atoms with Crippen LogP contribution < -0.4 is 4.90 Å². The smallest absolute Gasteiger partial charge is 0.222 e. The Morgan fingerprint density at radius 1 is 1.00 bits per heavy atom. The first-order valence-electron chi connectivity index (χ1n) is 6.87. The minimum absolute atomic E-state index is 0.0671. The molecule has 0 bridgehead atoms. The van der Waals surface area contributed by atoms with Gasteiger partial charge in [0, 0.05) is 0 Å². The maximum absolute atomic E-state index is 10.2. The lowest BCUT2D eigenvalue weighted by Crippen LogP contribution is -3.09. The van der Waals surface area contributed by atoms with Crippen LogP contribution in [0.2, 0.25) is 0 Å². The maximum atomic E-state index is 10.2. The van der Waals surface area contributed by atoms with Gasteiger partial charge < -0.3 is 9.45 Å². The quantitative estimate of drug-likeness (QED) is 0.251. The van der Waals surface area contributed by atoms with Crippen LogP contribution in [0.25, 0.3) is 0 Å². The molecule has 18 heavy (non-hydrogen) atoms. The molecule has 0 radical (unpaired) electrons. The molecule has 0 spiro atoms. The molecule has 1 unspecified atom stereocenters. The van der Waals surface area contributed by atoms with Gasteiger partial charge in [-0.15, -0.1) is 0 Å². The standard InChI is InChI=1S/C12H27NO4S/c1-3-4-5-6-7-8-9-10-11-13(2)12-17-18(14,15)16/h3-12H2,1-2H3,(H,14,15,16). The lowest BCUT2D eigenvalue weighted by atomic mass is 10.1. The molecule has 0 aliphatic rings. The molecule has 0 rings (SSSR count). The van der Waals surface area contributed by atoms with Crippen LogP contribution in [0.5, 0.6) is 0 Å². The Morgan fingerprint density at radius 2 is 1.50 bits per heavy atom. The van der Waals surface area contributed by atoms with Crippen LogP contribution >= 0.6 is 0 Å². The maximum Gasteiger partial charge on any atom is 0.222 e. The predicted molar refractivity (Wildman–Crippen MR) is 70.0 cm³/mol. The molecule has 0 aliphatic heterocycles. The Kier molecular flexibility index (Phi) is 10.6. The van der Waals surface area contributed by atoms with Gasteiger partial charge in [0.1, 0.15) is 0 Å². The second-order valence-corrected chi connectivity index (χ2v) is 5.90. The molecular formula is C12H27NO4S. The monoisotopic (exact) mass is 281 g/mol. The summed E-state index contributed by atoms with van der Waals surface area (Å²) in [4.78, 5) is 0.917. The van der Waals surface area contributed by atoms with Crippen LogP contribution in [0.4, 0.5) is 0 Å². The highest BCUT2D eigenvalue weighted by Gasteiger charge is 2.04. The fourth-order valence-corrected chi connectivity index (χ4v) is 2.15. The fraction of sp³-hybridized carbons (Fsp3) is 1.00. The summed E-state index contributed by atoms with van der Waals surface area (Å²) in [7, 11) is -2.71. The molecule has 0 saturated carbocycles. The normalized spacial score (nSPS) is 13.7. The van der Waals surface area contributed by atoms with E-state index in [2.05, 4.69) is 11.1 Å². The van der Waals surface area contributed by atoms with Crippen molar-refractivity contribution in [3.05, 3.63) is 0 Å². The van der Waals surface area contributed by atoms with E-state index in [-0.39, 0.29) is 6.73 Å². The molecule has 0 fully saturated rings. The van der Waals surface area contributed by atoms with Gasteiger partial charge in [0.25, 0.3) is 0 Å². The van der Waals surface area contributed by atoms with E-state index in [1.54, 1.807) is 0 Å². The van der Waals surface area contributed by atoms with Crippen LogP contribution in [-0.2, 0) is 14.6 Å². The fourth-order valence-electron chi connectivity index (χ4n) is 1.81. The zero-order chi connectivity index (χ0) is 13.9. The van der Waals surface area contributed by atoms with Crippen molar-refractivity contribution in [2.75, 3.05) is 20.3 Å². The summed E-state index contributed by atoms with van der Waals surface area (Å²) in [6.07, 6.45) is 9.97. The number of hydrogen-bond acceptors (Lipinski definition) is 4. The molecule has 1 atom stereocenters. The molecule has 1 N–H and O–H groups in total. The number of rotatable bonds is 12. The second kappa shape index (κ2) is 10.7. The highest BCUT2D eigenvalue weighted by Crippen LogP contribution is 2.07. The highest BCUT2D eigenvalue weighted by atomic mass is 32.3. The number of hydrogen-bond donors (Lipinski definition) is 1. The molecule has 0 aromatic carbocycles. The number of quaternary nitrogens is 1. The molecule has 0 aliphatic carbocycles. The molecule has 0 heterocycles. The summed E-state index contributed by atoms with van der Waals surface area (Å²) in [6.45, 7) is 2.98. The van der Waals surface area contributed by atoms with Crippen LogP contribution in [0, 0.1) is 0 Å². The first kappa shape index (κ1) is 17.8. The van der Waals surface area contributed by atoms with Gasteiger partial charge in [-0.3, -0.25) is 0 Å². The molecule has 0 saturated heterocycles. The van der Waals surface area contributed by atoms with Crippen molar-refractivity contribution in [2.24, 2.45) is 0 Å². The average molecular weight is 281 g/mol. The van der Waals surface area contributed by atoms with Crippen molar-refractivity contribution >= 4 is 10.4 Å². The van der Waals surface area contributed by atoms with E-state index in [1.807, 2.05) is 7.05 Å². The van der Waals surface area contributed by atoms with E-state index >= 15 is 0 Å². The van der Waals surface area contributed by atoms with Gasteiger partial charge in [-0.1, -0.05) is 45.4 Å². The second-order valence-electron chi connectivity index (χ2n) is 4.85. The third kappa shape index (κ3) is 13.9. The minimum atomic E-state index is -4.54. The van der Waals surface area contributed by atoms with Crippen LogP contribution in [-0.4, -0.2) is 33.3 Å². The Bertz CT molecular complexity index is 280. The zero-order valence-electron chi connectivity index (χ0n) is 11.6. The van der Waals surface area contributed by atoms with Gasteiger partial charge >= 0.3 is 0 Å². The SMILES string of the molecule is CCCCCCCCCC[NH+](C)COS(=O)(=O)[O-]. The largest absolute Gasteiger partial charge is 0.725 e. The molecule has 6 heteroatoms. The summed E-state index contributed by atoms with van der Waals surface area (Å²) in [5.74, 6) is 0. The topological polar surface area (TPSA) is 70.9 Å². The van der Waals surface area contributed by atoms with Gasteiger partial charge in [0.05, 0.1) is 13.6 Å². The van der Waals surface area contributed by atoms with E-state index < -0.39 is 10.4 Å². The van der Waals surface area contributed by atoms with E-state index in [4.69, 9.17) is 0 Å². The van der Waals surface area contributed by atoms with Gasteiger partial charge in [-0.2, -0.15) is 0 Å². The van der Waals surface area contributed by atoms with Crippen molar-refractivity contribution < 1.29 is 22.1 Å². The number of nitrogens with one attached hydrogen (secondary N) is 1. The third-order valence-electron chi connectivity index (χ3n) is 2.91. The number of unbranched alkanes of at least 4 members (excludes halogenated alkanes) is 7. The average Bonchev–Trinajstić information content (AvgIpc) is 2.29. The summed E-state index contributed by atoms with van der Waals surface area (Å²) in [6, 6.07) is 0. The molecular weight excluding hydrogens is 254 g/mol. The third-order valence-corrected chi connectivity index (χ3v) is 3.31. The Balaban J connectivity index is 3.28. The first-order valence-corrected chi connectivity index (χ1v) is 8.20. The zero-order valence-corrected chi connectivity index (χ0v) is 12.4. The van der Waals surface area contributed by atoms with E-state index in [9.17, 15) is 13.0 Å². The van der Waals surface area contributed by atoms with Crippen LogP contribution in [0.3, 0.4) is 0 Å². The first-order chi connectivity index (χ1) is 8.45. The minimum Gasteiger partial charge on any atom is -0.725 e. The predicted octanol–water partition coefficient (Wildman–Crippen LogP) is 1.08. The highest BCUT2D eigenvalue weighted by molar-refractivity contribution is 7.80. The van der Waals surface area contributed by atoms with Gasteiger partial charge in [0.15, 0.2) is 6.73 Å². The van der Waals surface area contributed by atoms with Crippen molar-refractivity contribution in [1.82, 2.24) is 0 Å². The lowest BCUT2D eigenvalue weighted by molar-refractivity contribution is -0.896. The van der Waals surface area contributed by atoms with E-state index in [0.29, 0.717) is 0 Å². The molecule has 0 aromatic rings. The van der Waals surface area contributed by atoms with Crippen molar-refractivity contribution in [2.45, 2.75) is 58.3 Å². The van der Waals surface area contributed by atoms with E-state index in [1.165, 1.54) is 38.5 Å². The van der Waals surface area contributed by atoms with Gasteiger partial charge in [-0.05, 0) is 12.8 Å². The van der Waals surface area contributed by atoms with Crippen molar-refractivity contribution in [3.8, 4) is 0 Å². The molecule has 0 amide bonds. The molecule has 110 valence electrons. The summed E-state index contributed by atoms with van der Waals surface area (Å²) < 4.78 is 34.9. The van der Waals surface area contributed by atoms with Crippen LogP contribution in [0.1, 0.15) is 58.3 Å². The van der Waals surface area contributed by atoms with Crippen molar-refractivity contribution in [3.63, 3.8) is 0 Å². The summed E-state index contributed by atoms with van der Waals surface area (Å²) in [5, 5.41) is 0.